The Morgan fingerprint density at radius 1 is 1.20 bits per heavy atom. The van der Waals surface area contributed by atoms with Crippen molar-refractivity contribution < 1.29 is 0 Å². The molecule has 0 radical (unpaired) electrons. The van der Waals surface area contributed by atoms with E-state index in [2.05, 4.69) is 26.8 Å². The van der Waals surface area contributed by atoms with Crippen LogP contribution in [0.4, 0.5) is 17.5 Å². The summed E-state index contributed by atoms with van der Waals surface area (Å²) in [6, 6.07) is 0. The summed E-state index contributed by atoms with van der Waals surface area (Å²) in [7, 11) is 2.11. The van der Waals surface area contributed by atoms with Crippen molar-refractivity contribution in [3.8, 4) is 0 Å². The van der Waals surface area contributed by atoms with E-state index >= 15 is 0 Å². The van der Waals surface area contributed by atoms with E-state index in [9.17, 15) is 0 Å². The zero-order valence-electron chi connectivity index (χ0n) is 8.85. The van der Waals surface area contributed by atoms with Gasteiger partial charge in [-0.2, -0.15) is 4.98 Å². The average molecular weight is 208 g/mol. The van der Waals surface area contributed by atoms with E-state index in [4.69, 9.17) is 11.5 Å². The first-order valence-corrected chi connectivity index (χ1v) is 4.98. The fourth-order valence-corrected chi connectivity index (χ4v) is 1.55. The smallest absolute Gasteiger partial charge is 0.227 e. The summed E-state index contributed by atoms with van der Waals surface area (Å²) in [4.78, 5) is 12.7. The van der Waals surface area contributed by atoms with Crippen molar-refractivity contribution in [2.24, 2.45) is 0 Å². The quantitative estimate of drug-likeness (QED) is 0.640. The minimum Gasteiger partial charge on any atom is -0.394 e. The van der Waals surface area contributed by atoms with Gasteiger partial charge in [-0.25, -0.2) is 4.98 Å². The largest absolute Gasteiger partial charge is 0.394 e. The maximum atomic E-state index is 5.64. The highest BCUT2D eigenvalue weighted by molar-refractivity contribution is 5.58. The van der Waals surface area contributed by atoms with Gasteiger partial charge in [-0.05, 0) is 7.05 Å². The molecule has 0 spiro atoms. The van der Waals surface area contributed by atoms with Gasteiger partial charge in [-0.3, -0.25) is 0 Å². The van der Waals surface area contributed by atoms with Gasteiger partial charge in [0.2, 0.25) is 5.95 Å². The standard InChI is InChI=1S/C9H16N6/c1-14-2-4-15(5-3-14)9-12-6-7(10)8(11)13-9/h6H,2-5,10H2,1H3,(H2,11,12,13). The second kappa shape index (κ2) is 3.90. The first kappa shape index (κ1) is 9.97. The molecule has 1 aromatic rings. The van der Waals surface area contributed by atoms with Crippen LogP contribution in [-0.2, 0) is 0 Å². The third-order valence-corrected chi connectivity index (χ3v) is 2.62. The summed E-state index contributed by atoms with van der Waals surface area (Å²) in [5.41, 5.74) is 11.6. The van der Waals surface area contributed by atoms with Gasteiger partial charge in [0, 0.05) is 26.2 Å². The molecule has 0 unspecified atom stereocenters. The summed E-state index contributed by atoms with van der Waals surface area (Å²) >= 11 is 0. The molecule has 1 aliphatic rings. The van der Waals surface area contributed by atoms with Crippen molar-refractivity contribution in [3.05, 3.63) is 6.20 Å². The van der Waals surface area contributed by atoms with Crippen LogP contribution in [0.15, 0.2) is 6.20 Å². The number of rotatable bonds is 1. The van der Waals surface area contributed by atoms with Crippen LogP contribution in [-0.4, -0.2) is 48.1 Å². The Morgan fingerprint density at radius 3 is 2.47 bits per heavy atom. The molecule has 2 heterocycles. The highest BCUT2D eigenvalue weighted by atomic mass is 15.3. The molecule has 0 atom stereocenters. The summed E-state index contributed by atoms with van der Waals surface area (Å²) in [5, 5.41) is 0. The number of nitrogens with two attached hydrogens (primary N) is 2. The second-order valence-corrected chi connectivity index (χ2v) is 3.80. The van der Waals surface area contributed by atoms with E-state index in [1.54, 1.807) is 6.20 Å². The molecule has 6 heteroatoms. The Bertz CT molecular complexity index is 344. The van der Waals surface area contributed by atoms with Gasteiger partial charge in [-0.1, -0.05) is 0 Å². The van der Waals surface area contributed by atoms with Crippen molar-refractivity contribution >= 4 is 17.5 Å². The molecule has 1 saturated heterocycles. The number of hydrogen-bond acceptors (Lipinski definition) is 6. The Kier molecular flexibility index (Phi) is 2.59. The van der Waals surface area contributed by atoms with Crippen LogP contribution < -0.4 is 16.4 Å². The van der Waals surface area contributed by atoms with Gasteiger partial charge in [0.05, 0.1) is 11.9 Å². The summed E-state index contributed by atoms with van der Waals surface area (Å²) in [6.07, 6.45) is 1.57. The first-order chi connectivity index (χ1) is 7.16. The lowest BCUT2D eigenvalue weighted by molar-refractivity contribution is 0.311. The van der Waals surface area contributed by atoms with Crippen molar-refractivity contribution in [1.82, 2.24) is 14.9 Å². The molecular formula is C9H16N6. The van der Waals surface area contributed by atoms with E-state index in [-0.39, 0.29) is 0 Å². The molecule has 1 fully saturated rings. The normalized spacial score (nSPS) is 18.1. The van der Waals surface area contributed by atoms with Gasteiger partial charge in [0.25, 0.3) is 0 Å². The van der Waals surface area contributed by atoms with Crippen molar-refractivity contribution in [2.75, 3.05) is 49.6 Å². The van der Waals surface area contributed by atoms with Crippen LogP contribution in [0.1, 0.15) is 0 Å². The third kappa shape index (κ3) is 2.10. The number of nitrogen functional groups attached to an aromatic ring is 2. The van der Waals surface area contributed by atoms with Crippen LogP contribution in [0, 0.1) is 0 Å². The summed E-state index contributed by atoms with van der Waals surface area (Å²) in [6.45, 7) is 3.90. The van der Waals surface area contributed by atoms with Gasteiger partial charge in [0.15, 0.2) is 5.82 Å². The third-order valence-electron chi connectivity index (χ3n) is 2.62. The molecule has 1 aromatic heterocycles. The molecule has 82 valence electrons. The number of likely N-dealkylation sites (N-methyl/N-ethyl adjacent to an activating group) is 1. The van der Waals surface area contributed by atoms with Gasteiger partial charge >= 0.3 is 0 Å². The topological polar surface area (TPSA) is 84.3 Å². The predicted octanol–water partition coefficient (Wildman–Crippen LogP) is -0.607. The van der Waals surface area contributed by atoms with E-state index in [0.29, 0.717) is 17.5 Å². The molecule has 0 amide bonds. The Hall–Kier alpha value is -1.56. The Morgan fingerprint density at radius 2 is 1.87 bits per heavy atom. The zero-order valence-corrected chi connectivity index (χ0v) is 8.85. The van der Waals surface area contributed by atoms with Crippen LogP contribution in [0.3, 0.4) is 0 Å². The van der Waals surface area contributed by atoms with Crippen LogP contribution >= 0.6 is 0 Å². The van der Waals surface area contributed by atoms with E-state index < -0.39 is 0 Å². The molecule has 2 rings (SSSR count). The monoisotopic (exact) mass is 208 g/mol. The van der Waals surface area contributed by atoms with Gasteiger partial charge < -0.3 is 21.3 Å². The number of aromatic nitrogens is 2. The molecule has 15 heavy (non-hydrogen) atoms. The van der Waals surface area contributed by atoms with Crippen molar-refractivity contribution in [1.29, 1.82) is 0 Å². The predicted molar refractivity (Wildman–Crippen MR) is 60.6 cm³/mol. The molecule has 0 saturated carbocycles. The van der Waals surface area contributed by atoms with Crippen LogP contribution in [0.25, 0.3) is 0 Å². The van der Waals surface area contributed by atoms with E-state index in [0.717, 1.165) is 26.2 Å². The lowest BCUT2D eigenvalue weighted by Crippen LogP contribution is -2.45. The maximum Gasteiger partial charge on any atom is 0.227 e. The highest BCUT2D eigenvalue weighted by Crippen LogP contribution is 2.15. The minimum absolute atomic E-state index is 0.360. The number of piperazine rings is 1. The summed E-state index contributed by atoms with van der Waals surface area (Å²) in [5.74, 6) is 1.04. The summed E-state index contributed by atoms with van der Waals surface area (Å²) < 4.78 is 0. The average Bonchev–Trinajstić information content (AvgIpc) is 2.23. The highest BCUT2D eigenvalue weighted by Gasteiger charge is 2.16. The molecule has 0 bridgehead atoms. The van der Waals surface area contributed by atoms with Gasteiger partial charge in [0.1, 0.15) is 0 Å². The fraction of sp³-hybridized carbons (Fsp3) is 0.556. The first-order valence-electron chi connectivity index (χ1n) is 4.98. The second-order valence-electron chi connectivity index (χ2n) is 3.80. The van der Waals surface area contributed by atoms with Crippen LogP contribution in [0.2, 0.25) is 0 Å². The Balaban J connectivity index is 2.12. The maximum absolute atomic E-state index is 5.64. The molecule has 6 nitrogen and oxygen atoms in total. The van der Waals surface area contributed by atoms with Crippen molar-refractivity contribution in [2.45, 2.75) is 0 Å². The molecule has 0 aromatic carbocycles. The minimum atomic E-state index is 0.360. The molecule has 1 aliphatic heterocycles. The van der Waals surface area contributed by atoms with Gasteiger partial charge in [-0.15, -0.1) is 0 Å². The fourth-order valence-electron chi connectivity index (χ4n) is 1.55. The molecule has 0 aliphatic carbocycles. The van der Waals surface area contributed by atoms with E-state index in [1.807, 2.05) is 0 Å². The van der Waals surface area contributed by atoms with Crippen molar-refractivity contribution in [3.63, 3.8) is 0 Å². The van der Waals surface area contributed by atoms with E-state index in [1.165, 1.54) is 0 Å². The lowest BCUT2D eigenvalue weighted by Gasteiger charge is -2.32. The number of hydrogen-bond donors (Lipinski definition) is 2. The Labute approximate surface area is 88.9 Å². The number of anilines is 3. The SMILES string of the molecule is CN1CCN(c2ncc(N)c(N)n2)CC1. The van der Waals surface area contributed by atoms with Crippen LogP contribution in [0.5, 0.6) is 0 Å². The molecule has 4 N–H and O–H groups in total. The molecular weight excluding hydrogens is 192 g/mol. The lowest BCUT2D eigenvalue weighted by atomic mass is 10.3. The number of nitrogens with zero attached hydrogens (tertiary/aromatic N) is 4. The zero-order chi connectivity index (χ0) is 10.8.